The van der Waals surface area contributed by atoms with Gasteiger partial charge >= 0.3 is 5.76 Å². The first kappa shape index (κ1) is 23.7. The average molecular weight is 463 g/mol. The zero-order chi connectivity index (χ0) is 24.1. The molecular formula is C26H30N4O4. The first-order chi connectivity index (χ1) is 16.4. The molecule has 0 radical (unpaired) electrons. The molecule has 8 nitrogen and oxygen atoms in total. The van der Waals surface area contributed by atoms with Crippen molar-refractivity contribution in [2.24, 2.45) is 5.73 Å². The van der Waals surface area contributed by atoms with Gasteiger partial charge < -0.3 is 20.2 Å². The lowest BCUT2D eigenvalue weighted by molar-refractivity contribution is -0.126. The number of benzene rings is 2. The average Bonchev–Trinajstić information content (AvgIpc) is 3.42. The fourth-order valence-corrected chi connectivity index (χ4v) is 4.55. The van der Waals surface area contributed by atoms with Crippen molar-refractivity contribution < 1.29 is 13.9 Å². The van der Waals surface area contributed by atoms with Crippen LogP contribution in [0.5, 0.6) is 0 Å². The van der Waals surface area contributed by atoms with E-state index in [0.717, 1.165) is 35.0 Å². The van der Waals surface area contributed by atoms with E-state index in [9.17, 15) is 14.9 Å². The van der Waals surface area contributed by atoms with E-state index in [1.807, 2.05) is 36.4 Å². The minimum atomic E-state index is -0.852. The third kappa shape index (κ3) is 5.06. The maximum absolute atomic E-state index is 12.6. The van der Waals surface area contributed by atoms with Gasteiger partial charge in [-0.1, -0.05) is 43.2 Å². The van der Waals surface area contributed by atoms with E-state index in [4.69, 9.17) is 14.9 Å². The number of carbonyl (C=O) groups is 1. The number of carbonyl (C=O) groups excluding carboxylic acids is 1. The molecule has 0 saturated heterocycles. The van der Waals surface area contributed by atoms with Crippen molar-refractivity contribution in [3.63, 3.8) is 0 Å². The fourth-order valence-electron chi connectivity index (χ4n) is 4.55. The van der Waals surface area contributed by atoms with E-state index in [1.54, 1.807) is 17.7 Å². The second-order valence-corrected chi connectivity index (χ2v) is 8.97. The van der Waals surface area contributed by atoms with Crippen LogP contribution in [0, 0.1) is 11.3 Å². The molecule has 8 heteroatoms. The van der Waals surface area contributed by atoms with E-state index in [1.165, 1.54) is 0 Å². The summed E-state index contributed by atoms with van der Waals surface area (Å²) in [5.74, 6) is -0.613. The topological polar surface area (TPSA) is 123 Å². The number of aryl methyl sites for hydroxylation is 1. The normalized spacial score (nSPS) is 15.8. The number of amides is 1. The number of nitrogens with two attached hydrogens (primary N) is 1. The van der Waals surface area contributed by atoms with Crippen LogP contribution in [0.1, 0.15) is 37.7 Å². The zero-order valence-corrected chi connectivity index (χ0v) is 19.4. The van der Waals surface area contributed by atoms with E-state index in [0.29, 0.717) is 44.4 Å². The highest BCUT2D eigenvalue weighted by Crippen LogP contribution is 2.28. The van der Waals surface area contributed by atoms with Gasteiger partial charge in [-0.25, -0.2) is 4.79 Å². The van der Waals surface area contributed by atoms with Gasteiger partial charge in [0.1, 0.15) is 6.04 Å². The van der Waals surface area contributed by atoms with Gasteiger partial charge in [0.25, 0.3) is 0 Å². The summed E-state index contributed by atoms with van der Waals surface area (Å²) in [6, 6.07) is 15.1. The highest BCUT2D eigenvalue weighted by molar-refractivity contribution is 5.87. The number of nitrogens with one attached hydrogen (secondary N) is 1. The molecule has 34 heavy (non-hydrogen) atoms. The largest absolute Gasteiger partial charge is 0.419 e. The van der Waals surface area contributed by atoms with Crippen LogP contribution in [0.4, 0.5) is 0 Å². The predicted octanol–water partition coefficient (Wildman–Crippen LogP) is 3.12. The number of hydrogen-bond donors (Lipinski definition) is 2. The number of fused-ring (bicyclic) bond motifs is 1. The van der Waals surface area contributed by atoms with Crippen molar-refractivity contribution in [1.29, 1.82) is 5.26 Å². The quantitative estimate of drug-likeness (QED) is 0.471. The number of rotatable bonds is 9. The molecule has 1 amide bonds. The lowest BCUT2D eigenvalue weighted by atomic mass is 9.96. The van der Waals surface area contributed by atoms with Crippen molar-refractivity contribution in [1.82, 2.24) is 9.88 Å². The molecule has 1 aliphatic rings. The Labute approximate surface area is 198 Å². The van der Waals surface area contributed by atoms with Crippen LogP contribution in [0.15, 0.2) is 51.7 Å². The standard InChI is InChI=1S/C26H30N4O4/c1-33-14-4-13-30-22-16-20(9-10-23(22)34-25(30)32)19-7-5-18(6-8-19)15-21(17-27)29-24(31)26(28)11-2-3-12-26/h5-10,16,21H,2-4,11-15,28H2,1H3,(H,29,31). The molecule has 3 N–H and O–H groups in total. The molecule has 4 rings (SSSR count). The van der Waals surface area contributed by atoms with Crippen molar-refractivity contribution in [3.8, 4) is 17.2 Å². The second kappa shape index (κ2) is 10.2. The summed E-state index contributed by atoms with van der Waals surface area (Å²) in [6.07, 6.45) is 4.32. The van der Waals surface area contributed by atoms with Gasteiger partial charge in [-0.15, -0.1) is 0 Å². The first-order valence-corrected chi connectivity index (χ1v) is 11.6. The zero-order valence-electron chi connectivity index (χ0n) is 19.4. The van der Waals surface area contributed by atoms with Crippen LogP contribution < -0.4 is 16.8 Å². The molecule has 0 spiro atoms. The van der Waals surface area contributed by atoms with Gasteiger partial charge in [-0.05, 0) is 48.1 Å². The lowest BCUT2D eigenvalue weighted by Gasteiger charge is -2.24. The molecule has 178 valence electrons. The van der Waals surface area contributed by atoms with Gasteiger partial charge in [0.15, 0.2) is 5.58 Å². The Hall–Kier alpha value is -3.41. The van der Waals surface area contributed by atoms with Crippen molar-refractivity contribution >= 4 is 17.0 Å². The van der Waals surface area contributed by atoms with E-state index < -0.39 is 11.6 Å². The van der Waals surface area contributed by atoms with Crippen molar-refractivity contribution in [2.75, 3.05) is 13.7 Å². The van der Waals surface area contributed by atoms with E-state index >= 15 is 0 Å². The maximum Gasteiger partial charge on any atom is 0.419 e. The molecule has 1 heterocycles. The number of ether oxygens (including phenoxy) is 1. The van der Waals surface area contributed by atoms with Gasteiger partial charge in [-0.3, -0.25) is 9.36 Å². The van der Waals surface area contributed by atoms with Crippen LogP contribution >= 0.6 is 0 Å². The van der Waals surface area contributed by atoms with Gasteiger partial charge in [0.2, 0.25) is 5.91 Å². The molecule has 0 bridgehead atoms. The van der Waals surface area contributed by atoms with Gasteiger partial charge in [0, 0.05) is 26.7 Å². The predicted molar refractivity (Wildman–Crippen MR) is 129 cm³/mol. The molecule has 1 aromatic heterocycles. The van der Waals surface area contributed by atoms with Crippen LogP contribution in [0.2, 0.25) is 0 Å². The minimum Gasteiger partial charge on any atom is -0.408 e. The summed E-state index contributed by atoms with van der Waals surface area (Å²) in [7, 11) is 1.63. The first-order valence-electron chi connectivity index (χ1n) is 11.6. The number of aromatic nitrogens is 1. The molecule has 0 aliphatic heterocycles. The van der Waals surface area contributed by atoms with Crippen molar-refractivity contribution in [3.05, 3.63) is 58.6 Å². The van der Waals surface area contributed by atoms with Gasteiger partial charge in [0.05, 0.1) is 17.1 Å². The number of nitriles is 1. The van der Waals surface area contributed by atoms with Crippen LogP contribution in [0.3, 0.4) is 0 Å². The fraction of sp³-hybridized carbons (Fsp3) is 0.423. The molecule has 3 aromatic rings. The molecule has 1 aliphatic carbocycles. The Morgan fingerprint density at radius 2 is 1.94 bits per heavy atom. The Bertz CT molecular complexity index is 1250. The monoisotopic (exact) mass is 462 g/mol. The summed E-state index contributed by atoms with van der Waals surface area (Å²) in [4.78, 5) is 24.8. The second-order valence-electron chi connectivity index (χ2n) is 8.97. The van der Waals surface area contributed by atoms with Crippen LogP contribution in [-0.4, -0.2) is 35.8 Å². The summed E-state index contributed by atoms with van der Waals surface area (Å²) in [5.41, 5.74) is 9.53. The molecule has 1 saturated carbocycles. The number of methoxy groups -OCH3 is 1. The molecular weight excluding hydrogens is 432 g/mol. The van der Waals surface area contributed by atoms with Crippen LogP contribution in [-0.2, 0) is 22.5 Å². The Balaban J connectivity index is 1.47. The minimum absolute atomic E-state index is 0.238. The third-order valence-corrected chi connectivity index (χ3v) is 6.53. The third-order valence-electron chi connectivity index (χ3n) is 6.53. The summed E-state index contributed by atoms with van der Waals surface area (Å²) < 4.78 is 12.1. The Morgan fingerprint density at radius 1 is 1.24 bits per heavy atom. The highest BCUT2D eigenvalue weighted by Gasteiger charge is 2.37. The SMILES string of the molecule is COCCCn1c(=O)oc2ccc(-c3ccc(CC(C#N)NC(=O)C4(N)CCCC4)cc3)cc21. The van der Waals surface area contributed by atoms with E-state index in [2.05, 4.69) is 11.4 Å². The molecule has 1 atom stereocenters. The lowest BCUT2D eigenvalue weighted by Crippen LogP contribution is -2.54. The molecule has 1 unspecified atom stereocenters. The van der Waals surface area contributed by atoms with Crippen LogP contribution in [0.25, 0.3) is 22.2 Å². The summed E-state index contributed by atoms with van der Waals surface area (Å²) >= 11 is 0. The maximum atomic E-state index is 12.6. The van der Waals surface area contributed by atoms with E-state index in [-0.39, 0.29) is 11.7 Å². The number of nitrogens with zero attached hydrogens (tertiary/aromatic N) is 2. The number of hydrogen-bond acceptors (Lipinski definition) is 6. The Kier molecular flexibility index (Phi) is 7.15. The molecule has 2 aromatic carbocycles. The summed E-state index contributed by atoms with van der Waals surface area (Å²) in [6.45, 7) is 1.09. The summed E-state index contributed by atoms with van der Waals surface area (Å²) in [5, 5.41) is 12.4. The Morgan fingerprint density at radius 3 is 2.62 bits per heavy atom. The van der Waals surface area contributed by atoms with Gasteiger partial charge in [-0.2, -0.15) is 5.26 Å². The number of oxazole rings is 1. The highest BCUT2D eigenvalue weighted by atomic mass is 16.5. The smallest absolute Gasteiger partial charge is 0.408 e. The molecule has 1 fully saturated rings. The van der Waals surface area contributed by atoms with Crippen molar-refractivity contribution in [2.45, 2.75) is 56.7 Å².